The summed E-state index contributed by atoms with van der Waals surface area (Å²) in [6.45, 7) is 9.53. The predicted molar refractivity (Wildman–Crippen MR) is 98.8 cm³/mol. The van der Waals surface area contributed by atoms with Crippen molar-refractivity contribution in [2.45, 2.75) is 59.4 Å². The topological polar surface area (TPSA) is 58.6 Å². The zero-order valence-corrected chi connectivity index (χ0v) is 15.9. The zero-order valence-electron chi connectivity index (χ0n) is 15.9. The van der Waals surface area contributed by atoms with Gasteiger partial charge in [0.25, 0.3) is 5.91 Å². The van der Waals surface area contributed by atoms with Gasteiger partial charge >= 0.3 is 0 Å². The normalized spacial score (nSPS) is 15.1. The van der Waals surface area contributed by atoms with Crippen molar-refractivity contribution in [1.82, 2.24) is 10.2 Å². The lowest BCUT2D eigenvalue weighted by molar-refractivity contribution is -0.132. The van der Waals surface area contributed by atoms with E-state index < -0.39 is 0 Å². The van der Waals surface area contributed by atoms with Crippen LogP contribution in [0, 0.1) is 20.8 Å². The summed E-state index contributed by atoms with van der Waals surface area (Å²) in [6, 6.07) is 4.20. The Morgan fingerprint density at radius 2 is 1.80 bits per heavy atom. The fourth-order valence-electron chi connectivity index (χ4n) is 3.20. The van der Waals surface area contributed by atoms with E-state index in [4.69, 9.17) is 4.74 Å². The molecule has 5 heteroatoms. The molecule has 0 saturated carbocycles. The number of hydrogen-bond donors (Lipinski definition) is 1. The second-order valence-corrected chi connectivity index (χ2v) is 6.91. The van der Waals surface area contributed by atoms with Gasteiger partial charge in [0.2, 0.25) is 5.91 Å². The van der Waals surface area contributed by atoms with E-state index in [1.807, 2.05) is 38.7 Å². The Morgan fingerprint density at radius 1 is 1.16 bits per heavy atom. The van der Waals surface area contributed by atoms with Crippen molar-refractivity contribution >= 4 is 11.8 Å². The molecule has 0 bridgehead atoms. The number of ether oxygens (including phenoxy) is 1. The summed E-state index contributed by atoms with van der Waals surface area (Å²) in [4.78, 5) is 26.0. The van der Waals surface area contributed by atoms with Gasteiger partial charge in [-0.3, -0.25) is 9.59 Å². The Morgan fingerprint density at radius 3 is 2.44 bits per heavy atom. The number of amides is 2. The summed E-state index contributed by atoms with van der Waals surface area (Å²) < 4.78 is 5.77. The summed E-state index contributed by atoms with van der Waals surface area (Å²) in [5.74, 6) is 0.926. The van der Waals surface area contributed by atoms with Crippen molar-refractivity contribution in [2.24, 2.45) is 0 Å². The van der Waals surface area contributed by atoms with Crippen LogP contribution in [-0.2, 0) is 9.59 Å². The van der Waals surface area contributed by atoms with E-state index in [2.05, 4.69) is 11.4 Å². The number of piperidine rings is 1. The minimum absolute atomic E-state index is 0.0279. The molecule has 138 valence electrons. The predicted octanol–water partition coefficient (Wildman–Crippen LogP) is 2.90. The number of nitrogens with zero attached hydrogens (tertiary/aromatic N) is 1. The van der Waals surface area contributed by atoms with Gasteiger partial charge in [-0.2, -0.15) is 0 Å². The van der Waals surface area contributed by atoms with Crippen LogP contribution >= 0.6 is 0 Å². The lowest BCUT2D eigenvalue weighted by atomic mass is 10.0. The number of nitrogens with one attached hydrogen (secondary N) is 1. The molecule has 1 N–H and O–H groups in total. The third kappa shape index (κ3) is 5.21. The molecule has 0 radical (unpaired) electrons. The molecule has 0 aromatic heterocycles. The van der Waals surface area contributed by atoms with Crippen LogP contribution in [0.15, 0.2) is 12.1 Å². The number of carbonyl (C=O) groups excluding carboxylic acids is 2. The SMILES string of the molecule is CCCC(=O)N1CCC(NC(=O)COc2c(C)ccc(C)c2C)CC1. The van der Waals surface area contributed by atoms with Crippen molar-refractivity contribution in [3.8, 4) is 5.75 Å². The minimum Gasteiger partial charge on any atom is -0.483 e. The monoisotopic (exact) mass is 346 g/mol. The summed E-state index contributed by atoms with van der Waals surface area (Å²) in [5, 5.41) is 3.03. The highest BCUT2D eigenvalue weighted by atomic mass is 16.5. The average molecular weight is 346 g/mol. The third-order valence-corrected chi connectivity index (χ3v) is 4.90. The van der Waals surface area contributed by atoms with Crippen molar-refractivity contribution in [2.75, 3.05) is 19.7 Å². The molecule has 1 aliphatic rings. The first-order chi connectivity index (χ1) is 11.9. The molecule has 5 nitrogen and oxygen atoms in total. The van der Waals surface area contributed by atoms with Crippen molar-refractivity contribution in [1.29, 1.82) is 0 Å². The number of hydrogen-bond acceptors (Lipinski definition) is 3. The Hall–Kier alpha value is -2.04. The van der Waals surface area contributed by atoms with E-state index in [-0.39, 0.29) is 24.5 Å². The van der Waals surface area contributed by atoms with Gasteiger partial charge in [0.05, 0.1) is 0 Å². The molecule has 0 atom stereocenters. The maximum absolute atomic E-state index is 12.2. The van der Waals surface area contributed by atoms with E-state index in [0.717, 1.165) is 54.8 Å². The first kappa shape index (κ1) is 19.3. The molecule has 1 aromatic rings. The lowest BCUT2D eigenvalue weighted by Gasteiger charge is -2.32. The first-order valence-corrected chi connectivity index (χ1v) is 9.19. The van der Waals surface area contributed by atoms with Crippen LogP contribution in [0.1, 0.15) is 49.3 Å². The lowest BCUT2D eigenvalue weighted by Crippen LogP contribution is -2.47. The smallest absolute Gasteiger partial charge is 0.258 e. The summed E-state index contributed by atoms with van der Waals surface area (Å²) in [5.41, 5.74) is 3.28. The molecule has 2 amide bonds. The second-order valence-electron chi connectivity index (χ2n) is 6.91. The van der Waals surface area contributed by atoms with Gasteiger partial charge in [-0.25, -0.2) is 0 Å². The molecule has 0 unspecified atom stereocenters. The van der Waals surface area contributed by atoms with Gasteiger partial charge in [0, 0.05) is 25.6 Å². The Kier molecular flexibility index (Phi) is 6.85. The molecule has 1 saturated heterocycles. The number of likely N-dealkylation sites (tertiary alicyclic amines) is 1. The third-order valence-electron chi connectivity index (χ3n) is 4.90. The number of carbonyl (C=O) groups is 2. The Labute approximate surface area is 150 Å². The molecule has 1 aliphatic heterocycles. The van der Waals surface area contributed by atoms with Crippen LogP contribution < -0.4 is 10.1 Å². The van der Waals surface area contributed by atoms with Crippen molar-refractivity contribution in [3.05, 3.63) is 28.8 Å². The molecule has 25 heavy (non-hydrogen) atoms. The van der Waals surface area contributed by atoms with Crippen LogP contribution in [0.2, 0.25) is 0 Å². The molecular formula is C20H30N2O3. The molecule has 1 fully saturated rings. The molecule has 1 heterocycles. The highest BCUT2D eigenvalue weighted by molar-refractivity contribution is 5.78. The van der Waals surface area contributed by atoms with E-state index >= 15 is 0 Å². The van der Waals surface area contributed by atoms with Crippen LogP contribution in [0.4, 0.5) is 0 Å². The van der Waals surface area contributed by atoms with Crippen molar-refractivity contribution < 1.29 is 14.3 Å². The van der Waals surface area contributed by atoms with Gasteiger partial charge in [-0.05, 0) is 56.7 Å². The Bertz CT molecular complexity index is 620. The van der Waals surface area contributed by atoms with Gasteiger partial charge in [0.1, 0.15) is 5.75 Å². The Balaban J connectivity index is 1.79. The van der Waals surface area contributed by atoms with Crippen molar-refractivity contribution in [3.63, 3.8) is 0 Å². The summed E-state index contributed by atoms with van der Waals surface area (Å²) in [7, 11) is 0. The maximum atomic E-state index is 12.2. The highest BCUT2D eigenvalue weighted by Gasteiger charge is 2.23. The van der Waals surface area contributed by atoms with Gasteiger partial charge < -0.3 is 15.0 Å². The minimum atomic E-state index is -0.0985. The number of aryl methyl sites for hydroxylation is 2. The van der Waals surface area contributed by atoms with Crippen LogP contribution in [0.5, 0.6) is 5.75 Å². The van der Waals surface area contributed by atoms with E-state index in [1.165, 1.54) is 0 Å². The number of rotatable bonds is 6. The maximum Gasteiger partial charge on any atom is 0.258 e. The molecule has 2 rings (SSSR count). The molecular weight excluding hydrogens is 316 g/mol. The summed E-state index contributed by atoms with van der Waals surface area (Å²) in [6.07, 6.45) is 3.11. The molecule has 1 aromatic carbocycles. The van der Waals surface area contributed by atoms with Crippen LogP contribution in [0.25, 0.3) is 0 Å². The highest BCUT2D eigenvalue weighted by Crippen LogP contribution is 2.25. The average Bonchev–Trinajstić information content (AvgIpc) is 2.59. The largest absolute Gasteiger partial charge is 0.483 e. The van der Waals surface area contributed by atoms with E-state index in [9.17, 15) is 9.59 Å². The summed E-state index contributed by atoms with van der Waals surface area (Å²) >= 11 is 0. The standard InChI is InChI=1S/C20H30N2O3/c1-5-6-19(24)22-11-9-17(10-12-22)21-18(23)13-25-20-15(3)8-7-14(2)16(20)4/h7-8,17H,5-6,9-13H2,1-4H3,(H,21,23). The fraction of sp³-hybridized carbons (Fsp3) is 0.600. The van der Waals surface area contributed by atoms with Gasteiger partial charge in [0.15, 0.2) is 6.61 Å². The second kappa shape index (κ2) is 8.88. The first-order valence-electron chi connectivity index (χ1n) is 9.19. The van der Waals surface area contributed by atoms with Crippen LogP contribution in [0.3, 0.4) is 0 Å². The molecule has 0 aliphatic carbocycles. The fourth-order valence-corrected chi connectivity index (χ4v) is 3.20. The number of benzene rings is 1. The van der Waals surface area contributed by atoms with Gasteiger partial charge in [-0.1, -0.05) is 19.1 Å². The van der Waals surface area contributed by atoms with E-state index in [1.54, 1.807) is 0 Å². The quantitative estimate of drug-likeness (QED) is 0.862. The van der Waals surface area contributed by atoms with E-state index in [0.29, 0.717) is 6.42 Å². The van der Waals surface area contributed by atoms with Crippen LogP contribution in [-0.4, -0.2) is 42.5 Å². The zero-order chi connectivity index (χ0) is 18.4. The molecule has 0 spiro atoms. The van der Waals surface area contributed by atoms with Gasteiger partial charge in [-0.15, -0.1) is 0 Å².